The summed E-state index contributed by atoms with van der Waals surface area (Å²) in [7, 11) is -3.53. The Hall–Kier alpha value is -1.79. The first kappa shape index (κ1) is 11.7. The molecule has 0 fully saturated rings. The van der Waals surface area contributed by atoms with Gasteiger partial charge in [0, 0.05) is 12.4 Å². The second kappa shape index (κ2) is 4.60. The van der Waals surface area contributed by atoms with Gasteiger partial charge in [0.05, 0.1) is 11.4 Å². The average molecular weight is 249 g/mol. The number of hydrogen-bond donors (Lipinski definition) is 1. The van der Waals surface area contributed by atoms with Crippen LogP contribution in [0.2, 0.25) is 0 Å². The molecule has 0 radical (unpaired) electrons. The molecule has 6 heteroatoms. The third kappa shape index (κ3) is 2.32. The highest BCUT2D eigenvalue weighted by Crippen LogP contribution is 2.18. The smallest absolute Gasteiger partial charge is 0.209 e. The molecule has 0 bridgehead atoms. The second-order valence-electron chi connectivity index (χ2n) is 3.36. The van der Waals surface area contributed by atoms with Gasteiger partial charge < -0.3 is 5.73 Å². The van der Waals surface area contributed by atoms with Crippen LogP contribution < -0.4 is 5.73 Å². The Morgan fingerprint density at radius 1 is 1.00 bits per heavy atom. The fourth-order valence-electron chi connectivity index (χ4n) is 1.32. The first-order valence-corrected chi connectivity index (χ1v) is 6.44. The molecule has 5 nitrogen and oxygen atoms in total. The molecule has 2 rings (SSSR count). The number of nitrogens with two attached hydrogens (primary N) is 1. The Balaban J connectivity index is 2.45. The lowest BCUT2D eigenvalue weighted by molar-refractivity contribution is 0.595. The highest BCUT2D eigenvalue weighted by Gasteiger charge is 2.17. The summed E-state index contributed by atoms with van der Waals surface area (Å²) >= 11 is 0. The van der Waals surface area contributed by atoms with Crippen LogP contribution in [-0.2, 0) is 16.4 Å². The van der Waals surface area contributed by atoms with E-state index in [0.29, 0.717) is 5.82 Å². The van der Waals surface area contributed by atoms with Crippen molar-refractivity contribution in [3.8, 4) is 0 Å². The monoisotopic (exact) mass is 249 g/mol. The van der Waals surface area contributed by atoms with Crippen LogP contribution in [0.3, 0.4) is 0 Å². The molecule has 2 aromatic rings. The van der Waals surface area contributed by atoms with Crippen molar-refractivity contribution in [2.45, 2.75) is 16.3 Å². The summed E-state index contributed by atoms with van der Waals surface area (Å²) in [5, 5.41) is 0. The van der Waals surface area contributed by atoms with Crippen molar-refractivity contribution in [3.05, 3.63) is 48.5 Å². The summed E-state index contributed by atoms with van der Waals surface area (Å²) in [5.41, 5.74) is 5.35. The standard InChI is InChI=1S/C11H11N3O2S/c12-6-11-13-7-10(8-14-11)17(15,16)9-4-2-1-3-5-9/h1-5,7-8H,6,12H2. The largest absolute Gasteiger partial charge is 0.324 e. The molecule has 0 aliphatic heterocycles. The van der Waals surface area contributed by atoms with Crippen LogP contribution >= 0.6 is 0 Å². The predicted octanol–water partition coefficient (Wildman–Crippen LogP) is 0.768. The predicted molar refractivity (Wildman–Crippen MR) is 61.8 cm³/mol. The summed E-state index contributed by atoms with van der Waals surface area (Å²) in [6, 6.07) is 8.16. The quantitative estimate of drug-likeness (QED) is 0.868. The van der Waals surface area contributed by atoms with E-state index >= 15 is 0 Å². The van der Waals surface area contributed by atoms with E-state index in [1.165, 1.54) is 24.5 Å². The van der Waals surface area contributed by atoms with Crippen LogP contribution in [0.25, 0.3) is 0 Å². The molecule has 0 unspecified atom stereocenters. The second-order valence-corrected chi connectivity index (χ2v) is 5.31. The summed E-state index contributed by atoms with van der Waals surface area (Å²) in [6.45, 7) is 0.186. The number of rotatable bonds is 3. The van der Waals surface area contributed by atoms with Gasteiger partial charge >= 0.3 is 0 Å². The lowest BCUT2D eigenvalue weighted by Gasteiger charge is -2.03. The first-order valence-electron chi connectivity index (χ1n) is 4.96. The molecule has 0 aliphatic carbocycles. The van der Waals surface area contributed by atoms with E-state index in [-0.39, 0.29) is 16.3 Å². The van der Waals surface area contributed by atoms with Crippen molar-refractivity contribution >= 4 is 9.84 Å². The Kier molecular flexibility index (Phi) is 3.16. The molecule has 0 saturated carbocycles. The van der Waals surface area contributed by atoms with E-state index in [9.17, 15) is 8.42 Å². The van der Waals surface area contributed by atoms with Crippen molar-refractivity contribution in [1.29, 1.82) is 0 Å². The maximum atomic E-state index is 12.1. The van der Waals surface area contributed by atoms with Gasteiger partial charge in [0.1, 0.15) is 10.7 Å². The van der Waals surface area contributed by atoms with Crippen LogP contribution in [-0.4, -0.2) is 18.4 Å². The first-order chi connectivity index (χ1) is 8.14. The molecular formula is C11H11N3O2S. The van der Waals surface area contributed by atoms with Gasteiger partial charge in [-0.25, -0.2) is 18.4 Å². The van der Waals surface area contributed by atoms with Gasteiger partial charge in [0.2, 0.25) is 9.84 Å². The van der Waals surface area contributed by atoms with Crippen LogP contribution in [0, 0.1) is 0 Å². The Labute approximate surface area is 99.3 Å². The molecule has 1 aromatic heterocycles. The van der Waals surface area contributed by atoms with E-state index in [1.54, 1.807) is 18.2 Å². The number of sulfone groups is 1. The van der Waals surface area contributed by atoms with Gasteiger partial charge in [-0.1, -0.05) is 18.2 Å². The molecule has 0 aliphatic rings. The Bertz CT molecular complexity index is 594. The summed E-state index contributed by atoms with van der Waals surface area (Å²) in [6.07, 6.45) is 2.55. The van der Waals surface area contributed by atoms with Gasteiger partial charge in [-0.15, -0.1) is 0 Å². The highest BCUT2D eigenvalue weighted by atomic mass is 32.2. The molecule has 88 valence electrons. The minimum Gasteiger partial charge on any atom is -0.324 e. The normalized spacial score (nSPS) is 11.4. The minimum atomic E-state index is -3.53. The molecular weight excluding hydrogens is 238 g/mol. The summed E-state index contributed by atoms with van der Waals surface area (Å²) < 4.78 is 24.2. The van der Waals surface area contributed by atoms with Crippen LogP contribution in [0.4, 0.5) is 0 Å². The van der Waals surface area contributed by atoms with Gasteiger partial charge in [-0.3, -0.25) is 0 Å². The van der Waals surface area contributed by atoms with Crippen molar-refractivity contribution in [3.63, 3.8) is 0 Å². The maximum absolute atomic E-state index is 12.1. The zero-order chi connectivity index (χ0) is 12.3. The van der Waals surface area contributed by atoms with E-state index in [4.69, 9.17) is 5.73 Å². The maximum Gasteiger partial charge on any atom is 0.209 e. The minimum absolute atomic E-state index is 0.0703. The van der Waals surface area contributed by atoms with E-state index in [1.807, 2.05) is 0 Å². The van der Waals surface area contributed by atoms with Crippen LogP contribution in [0.1, 0.15) is 5.82 Å². The lowest BCUT2D eigenvalue weighted by Crippen LogP contribution is -2.07. The van der Waals surface area contributed by atoms with Gasteiger partial charge in [0.25, 0.3) is 0 Å². The van der Waals surface area contributed by atoms with Crippen molar-refractivity contribution in [2.24, 2.45) is 5.73 Å². The Morgan fingerprint density at radius 2 is 1.59 bits per heavy atom. The average Bonchev–Trinajstić information content (AvgIpc) is 2.40. The third-order valence-corrected chi connectivity index (χ3v) is 3.95. The van der Waals surface area contributed by atoms with E-state index < -0.39 is 9.84 Å². The topological polar surface area (TPSA) is 85.9 Å². The molecule has 0 saturated heterocycles. The van der Waals surface area contributed by atoms with E-state index in [0.717, 1.165) is 0 Å². The Morgan fingerprint density at radius 3 is 2.12 bits per heavy atom. The van der Waals surface area contributed by atoms with Crippen LogP contribution in [0.15, 0.2) is 52.5 Å². The van der Waals surface area contributed by atoms with Crippen molar-refractivity contribution < 1.29 is 8.42 Å². The van der Waals surface area contributed by atoms with Gasteiger partial charge in [-0.2, -0.15) is 0 Å². The van der Waals surface area contributed by atoms with Gasteiger partial charge in [0.15, 0.2) is 0 Å². The number of hydrogen-bond acceptors (Lipinski definition) is 5. The molecule has 0 atom stereocenters. The molecule has 17 heavy (non-hydrogen) atoms. The summed E-state index contributed by atoms with van der Waals surface area (Å²) in [4.78, 5) is 8.04. The molecule has 0 amide bonds. The van der Waals surface area contributed by atoms with Gasteiger partial charge in [-0.05, 0) is 12.1 Å². The SMILES string of the molecule is NCc1ncc(S(=O)(=O)c2ccccc2)cn1. The van der Waals surface area contributed by atoms with Crippen LogP contribution in [0.5, 0.6) is 0 Å². The third-order valence-electron chi connectivity index (χ3n) is 2.23. The van der Waals surface area contributed by atoms with E-state index in [2.05, 4.69) is 9.97 Å². The van der Waals surface area contributed by atoms with Crippen molar-refractivity contribution in [1.82, 2.24) is 9.97 Å². The molecule has 1 aromatic carbocycles. The molecule has 2 N–H and O–H groups in total. The zero-order valence-electron chi connectivity index (χ0n) is 8.95. The number of benzene rings is 1. The van der Waals surface area contributed by atoms with Crippen molar-refractivity contribution in [2.75, 3.05) is 0 Å². The fourth-order valence-corrected chi connectivity index (χ4v) is 2.49. The fraction of sp³-hybridized carbons (Fsp3) is 0.0909. The lowest BCUT2D eigenvalue weighted by atomic mass is 10.4. The molecule has 0 spiro atoms. The summed E-state index contributed by atoms with van der Waals surface area (Å²) in [5.74, 6) is 0.414. The number of aromatic nitrogens is 2. The molecule has 1 heterocycles. The zero-order valence-corrected chi connectivity index (χ0v) is 9.76. The highest BCUT2D eigenvalue weighted by molar-refractivity contribution is 7.91. The number of nitrogens with zero attached hydrogens (tertiary/aromatic N) is 2.